The Hall–Kier alpha value is -0.610. The van der Waals surface area contributed by atoms with E-state index in [1.807, 2.05) is 0 Å². The third-order valence-corrected chi connectivity index (χ3v) is 7.58. The molecule has 1 atom stereocenters. The lowest BCUT2D eigenvalue weighted by Crippen LogP contribution is -2.54. The molecule has 2 aliphatic carbocycles. The summed E-state index contributed by atoms with van der Waals surface area (Å²) in [5.41, 5.74) is -0.0934. The van der Waals surface area contributed by atoms with Crippen LogP contribution in [0, 0.1) is 16.5 Å². The molecule has 156 valence electrons. The molecule has 3 fully saturated rings. The number of carbonyl (C=O) groups excluding carboxylic acids is 1. The quantitative estimate of drug-likeness (QED) is 0.640. The molecule has 2 spiro atoms. The zero-order valence-corrected chi connectivity index (χ0v) is 17.9. The number of rotatable bonds is 5. The number of nitrogens with one attached hydrogen (secondary N) is 1. The van der Waals surface area contributed by atoms with E-state index < -0.39 is 0 Å². The summed E-state index contributed by atoms with van der Waals surface area (Å²) >= 11 is 0. The van der Waals surface area contributed by atoms with Gasteiger partial charge in [-0.1, -0.05) is 59.3 Å². The molecule has 0 aromatic carbocycles. The van der Waals surface area contributed by atoms with Crippen LogP contribution in [0.25, 0.3) is 0 Å². The Labute approximate surface area is 166 Å². The van der Waals surface area contributed by atoms with E-state index >= 15 is 0 Å². The van der Waals surface area contributed by atoms with E-state index in [1.165, 1.54) is 25.7 Å². The Morgan fingerprint density at radius 2 is 1.63 bits per heavy atom. The summed E-state index contributed by atoms with van der Waals surface area (Å²) in [6, 6.07) is 0. The summed E-state index contributed by atoms with van der Waals surface area (Å²) in [5, 5.41) is 18.3. The zero-order valence-electron chi connectivity index (χ0n) is 17.9. The van der Waals surface area contributed by atoms with E-state index in [2.05, 4.69) is 26.1 Å². The summed E-state index contributed by atoms with van der Waals surface area (Å²) in [5.74, 6) is 0.413. The maximum atomic E-state index is 13.6. The summed E-state index contributed by atoms with van der Waals surface area (Å²) in [4.78, 5) is 12.7. The van der Waals surface area contributed by atoms with Crippen LogP contribution in [0.5, 0.6) is 0 Å². The number of hydroxylamine groups is 2. The van der Waals surface area contributed by atoms with E-state index in [-0.39, 0.29) is 22.9 Å². The minimum absolute atomic E-state index is 0.160. The second-order valence-electron chi connectivity index (χ2n) is 10.9. The number of hydrogen-bond donors (Lipinski definition) is 1. The van der Waals surface area contributed by atoms with Gasteiger partial charge < -0.3 is 15.6 Å². The second-order valence-corrected chi connectivity index (χ2v) is 10.9. The smallest absolute Gasteiger partial charge is 0.220 e. The summed E-state index contributed by atoms with van der Waals surface area (Å²) in [7, 11) is 0. The van der Waals surface area contributed by atoms with E-state index in [4.69, 9.17) is 0 Å². The lowest BCUT2D eigenvalue weighted by Gasteiger charge is -2.56. The summed E-state index contributed by atoms with van der Waals surface area (Å²) < 4.78 is 0. The van der Waals surface area contributed by atoms with Crippen molar-refractivity contribution in [2.75, 3.05) is 6.54 Å². The zero-order chi connectivity index (χ0) is 19.5. The lowest BCUT2D eigenvalue weighted by atomic mass is 9.71. The molecule has 0 aromatic heterocycles. The molecule has 3 rings (SSSR count). The van der Waals surface area contributed by atoms with Gasteiger partial charge in [0.05, 0.1) is 0 Å². The van der Waals surface area contributed by atoms with Crippen molar-refractivity contribution in [1.29, 1.82) is 0 Å². The van der Waals surface area contributed by atoms with Crippen molar-refractivity contribution in [3.63, 3.8) is 0 Å². The molecule has 3 aliphatic rings. The van der Waals surface area contributed by atoms with Crippen LogP contribution in [0.3, 0.4) is 0 Å². The fourth-order valence-corrected chi connectivity index (χ4v) is 6.17. The van der Waals surface area contributed by atoms with Gasteiger partial charge in [0.25, 0.3) is 0 Å². The van der Waals surface area contributed by atoms with Gasteiger partial charge in [-0.25, -0.2) is 0 Å². The van der Waals surface area contributed by atoms with Crippen molar-refractivity contribution in [3.05, 3.63) is 5.21 Å². The first-order chi connectivity index (χ1) is 12.8. The average molecular weight is 378 g/mol. The normalized spacial score (nSPS) is 27.9. The molecule has 1 saturated heterocycles. The summed E-state index contributed by atoms with van der Waals surface area (Å²) in [6.07, 6.45) is 14.9. The first-order valence-electron chi connectivity index (χ1n) is 11.5. The largest absolute Gasteiger partial charge is 0.784 e. The maximum Gasteiger partial charge on any atom is 0.220 e. The van der Waals surface area contributed by atoms with Gasteiger partial charge in [0.2, 0.25) is 5.91 Å². The Morgan fingerprint density at radius 1 is 1.04 bits per heavy atom. The molecule has 2 saturated carbocycles. The number of carbonyl (C=O) groups is 1. The Bertz CT molecular complexity index is 499. The molecular weight excluding hydrogens is 336 g/mol. The highest BCUT2D eigenvalue weighted by atomic mass is 16.5. The van der Waals surface area contributed by atoms with E-state index in [0.29, 0.717) is 11.8 Å². The highest BCUT2D eigenvalue weighted by molar-refractivity contribution is 5.76. The Morgan fingerprint density at radius 3 is 2.22 bits per heavy atom. The molecule has 0 bridgehead atoms. The van der Waals surface area contributed by atoms with Gasteiger partial charge in [-0.3, -0.25) is 4.79 Å². The van der Waals surface area contributed by atoms with Crippen molar-refractivity contribution in [1.82, 2.24) is 10.4 Å². The van der Waals surface area contributed by atoms with E-state index in [9.17, 15) is 10.0 Å². The van der Waals surface area contributed by atoms with Gasteiger partial charge in [0, 0.05) is 24.0 Å². The predicted molar refractivity (Wildman–Crippen MR) is 111 cm³/mol. The van der Waals surface area contributed by atoms with Crippen LogP contribution in [-0.2, 0) is 4.79 Å². The van der Waals surface area contributed by atoms with E-state index in [1.54, 1.807) is 5.06 Å². The fourth-order valence-electron chi connectivity index (χ4n) is 6.17. The molecule has 1 aliphatic heterocycles. The van der Waals surface area contributed by atoms with Crippen molar-refractivity contribution >= 4 is 5.91 Å². The third-order valence-electron chi connectivity index (χ3n) is 7.58. The first-order valence-corrected chi connectivity index (χ1v) is 11.5. The van der Waals surface area contributed by atoms with Crippen LogP contribution in [0.2, 0.25) is 0 Å². The fraction of sp³-hybridized carbons (Fsp3) is 0.957. The summed E-state index contributed by atoms with van der Waals surface area (Å²) in [6.45, 7) is 7.49. The van der Waals surface area contributed by atoms with Gasteiger partial charge in [-0.2, -0.15) is 0 Å². The van der Waals surface area contributed by atoms with Crippen LogP contribution in [-0.4, -0.2) is 28.6 Å². The van der Waals surface area contributed by atoms with Crippen molar-refractivity contribution in [3.8, 4) is 0 Å². The molecule has 27 heavy (non-hydrogen) atoms. The number of nitrogens with zero attached hydrogens (tertiary/aromatic N) is 1. The molecular formula is C23H41N2O2-. The van der Waals surface area contributed by atoms with Crippen LogP contribution in [0.4, 0.5) is 0 Å². The molecule has 1 unspecified atom stereocenters. The van der Waals surface area contributed by atoms with Gasteiger partial charge in [0.15, 0.2) is 0 Å². The molecule has 4 nitrogen and oxygen atoms in total. The SMILES string of the molecule is CC(C)(C)CCCNC(=O)CC1CC2(CCCCC2)N([O-])C12CCCCC2. The monoisotopic (exact) mass is 377 g/mol. The third kappa shape index (κ3) is 4.70. The minimum Gasteiger partial charge on any atom is -0.784 e. The number of hydrogen-bond acceptors (Lipinski definition) is 3. The van der Waals surface area contributed by atoms with Crippen LogP contribution < -0.4 is 5.32 Å². The molecule has 0 aromatic rings. The minimum atomic E-state index is -0.252. The molecule has 4 heteroatoms. The standard InChI is InChI=1S/C23H41N2O2/c1-21(2,3)11-10-16-24-20(26)17-19-18-22(12-6-4-7-13-22)25(27)23(19)14-8-5-9-15-23/h19H,4-18H2,1-3H3,(H,24,26)/q-1. The topological polar surface area (TPSA) is 55.4 Å². The van der Waals surface area contributed by atoms with Gasteiger partial charge in [-0.15, -0.1) is 0 Å². The van der Waals surface area contributed by atoms with Crippen LogP contribution in [0.15, 0.2) is 0 Å². The highest BCUT2D eigenvalue weighted by Gasteiger charge is 2.55. The van der Waals surface area contributed by atoms with Gasteiger partial charge in [-0.05, 0) is 56.3 Å². The van der Waals surface area contributed by atoms with Crippen molar-refractivity contribution in [2.45, 2.75) is 122 Å². The van der Waals surface area contributed by atoms with Crippen LogP contribution >= 0.6 is 0 Å². The van der Waals surface area contributed by atoms with Crippen molar-refractivity contribution in [2.24, 2.45) is 11.3 Å². The molecule has 1 heterocycles. The Balaban J connectivity index is 1.62. The maximum absolute atomic E-state index is 13.6. The first kappa shape index (κ1) is 21.1. The molecule has 0 radical (unpaired) electrons. The van der Waals surface area contributed by atoms with Gasteiger partial charge in [0.1, 0.15) is 0 Å². The highest BCUT2D eigenvalue weighted by Crippen LogP contribution is 2.57. The molecule has 1 N–H and O–H groups in total. The van der Waals surface area contributed by atoms with Gasteiger partial charge >= 0.3 is 0 Å². The van der Waals surface area contributed by atoms with Crippen molar-refractivity contribution < 1.29 is 4.79 Å². The second kappa shape index (κ2) is 8.41. The van der Waals surface area contributed by atoms with E-state index in [0.717, 1.165) is 64.3 Å². The van der Waals surface area contributed by atoms with Crippen LogP contribution in [0.1, 0.15) is 111 Å². The predicted octanol–water partition coefficient (Wildman–Crippen LogP) is 5.54. The molecule has 1 amide bonds. The average Bonchev–Trinajstić information content (AvgIpc) is 2.82. The number of amides is 1. The lowest BCUT2D eigenvalue weighted by molar-refractivity contribution is -0.122. The Kier molecular flexibility index (Phi) is 6.57.